The molecule has 0 aliphatic rings. The maximum absolute atomic E-state index is 12.0. The van der Waals surface area contributed by atoms with E-state index in [0.717, 1.165) is 12.1 Å². The van der Waals surface area contributed by atoms with E-state index in [4.69, 9.17) is 5.26 Å². The Morgan fingerprint density at radius 1 is 1.65 bits per heavy atom. The SMILES string of the molecule is CCc1nn(C)cc1NC(=O)C(C)(C#N)CC. The minimum atomic E-state index is -0.985. The first-order valence-electron chi connectivity index (χ1n) is 5.72. The highest BCUT2D eigenvalue weighted by Crippen LogP contribution is 2.23. The number of nitrogens with one attached hydrogen (secondary N) is 1. The van der Waals surface area contributed by atoms with E-state index in [0.29, 0.717) is 12.1 Å². The van der Waals surface area contributed by atoms with Gasteiger partial charge in [-0.15, -0.1) is 0 Å². The van der Waals surface area contributed by atoms with Crippen LogP contribution in [-0.2, 0) is 18.3 Å². The van der Waals surface area contributed by atoms with Gasteiger partial charge in [0.1, 0.15) is 5.41 Å². The summed E-state index contributed by atoms with van der Waals surface area (Å²) in [6, 6.07) is 2.05. The normalized spacial score (nSPS) is 13.8. The van der Waals surface area contributed by atoms with Crippen LogP contribution in [0.3, 0.4) is 0 Å². The predicted molar refractivity (Wildman–Crippen MR) is 65.2 cm³/mol. The standard InChI is InChI=1S/C12H18N4O/c1-5-9-10(7-16(4)15-9)14-11(17)12(3,6-2)8-13/h7H,5-6H2,1-4H3,(H,14,17). The highest BCUT2D eigenvalue weighted by atomic mass is 16.2. The average Bonchev–Trinajstić information content (AvgIpc) is 2.68. The second kappa shape index (κ2) is 5.00. The third kappa shape index (κ3) is 2.64. The molecule has 1 N–H and O–H groups in total. The summed E-state index contributed by atoms with van der Waals surface area (Å²) in [6.07, 6.45) is 2.98. The molecule has 0 aromatic carbocycles. The monoisotopic (exact) mass is 234 g/mol. The van der Waals surface area contributed by atoms with Gasteiger partial charge >= 0.3 is 0 Å². The van der Waals surface area contributed by atoms with Gasteiger partial charge in [0, 0.05) is 13.2 Å². The Morgan fingerprint density at radius 2 is 2.29 bits per heavy atom. The minimum Gasteiger partial charge on any atom is -0.322 e. The Bertz CT molecular complexity index is 458. The number of aromatic nitrogens is 2. The second-order valence-corrected chi connectivity index (χ2v) is 4.27. The van der Waals surface area contributed by atoms with Crippen molar-refractivity contribution in [3.63, 3.8) is 0 Å². The quantitative estimate of drug-likeness (QED) is 0.864. The number of rotatable bonds is 4. The van der Waals surface area contributed by atoms with E-state index >= 15 is 0 Å². The lowest BCUT2D eigenvalue weighted by atomic mass is 9.88. The first-order valence-corrected chi connectivity index (χ1v) is 5.72. The molecule has 1 rings (SSSR count). The number of anilines is 1. The van der Waals surface area contributed by atoms with Crippen LogP contribution in [0.4, 0.5) is 5.69 Å². The van der Waals surface area contributed by atoms with Gasteiger partial charge in [0.2, 0.25) is 5.91 Å². The third-order valence-corrected chi connectivity index (χ3v) is 2.94. The maximum atomic E-state index is 12.0. The van der Waals surface area contributed by atoms with Crippen molar-refractivity contribution in [3.8, 4) is 6.07 Å². The summed E-state index contributed by atoms with van der Waals surface area (Å²) in [5.41, 5.74) is 0.535. The molecule has 17 heavy (non-hydrogen) atoms. The van der Waals surface area contributed by atoms with E-state index in [1.54, 1.807) is 24.9 Å². The van der Waals surface area contributed by atoms with Crippen molar-refractivity contribution in [3.05, 3.63) is 11.9 Å². The van der Waals surface area contributed by atoms with Crippen LogP contribution >= 0.6 is 0 Å². The number of nitriles is 1. The zero-order valence-corrected chi connectivity index (χ0v) is 10.7. The second-order valence-electron chi connectivity index (χ2n) is 4.27. The lowest BCUT2D eigenvalue weighted by Crippen LogP contribution is -2.31. The van der Waals surface area contributed by atoms with Crippen molar-refractivity contribution in [1.82, 2.24) is 9.78 Å². The molecule has 5 nitrogen and oxygen atoms in total. The number of aryl methyl sites for hydroxylation is 2. The van der Waals surface area contributed by atoms with E-state index in [9.17, 15) is 4.79 Å². The van der Waals surface area contributed by atoms with Gasteiger partial charge in [0.25, 0.3) is 0 Å². The summed E-state index contributed by atoms with van der Waals surface area (Å²) >= 11 is 0. The summed E-state index contributed by atoms with van der Waals surface area (Å²) < 4.78 is 1.66. The number of carbonyl (C=O) groups is 1. The molecule has 0 saturated carbocycles. The molecule has 1 unspecified atom stereocenters. The molecule has 0 aliphatic carbocycles. The lowest BCUT2D eigenvalue weighted by Gasteiger charge is -2.18. The minimum absolute atomic E-state index is 0.273. The van der Waals surface area contributed by atoms with Crippen LogP contribution in [0.15, 0.2) is 6.20 Å². The topological polar surface area (TPSA) is 70.7 Å². The lowest BCUT2D eigenvalue weighted by molar-refractivity contribution is -0.122. The van der Waals surface area contributed by atoms with Gasteiger partial charge in [-0.3, -0.25) is 9.48 Å². The van der Waals surface area contributed by atoms with Crippen LogP contribution < -0.4 is 5.32 Å². The van der Waals surface area contributed by atoms with Crippen LogP contribution in [0.1, 0.15) is 32.9 Å². The molecule has 0 bridgehead atoms. The molecule has 1 heterocycles. The van der Waals surface area contributed by atoms with Crippen molar-refractivity contribution in [2.24, 2.45) is 12.5 Å². The maximum Gasteiger partial charge on any atom is 0.244 e. The summed E-state index contributed by atoms with van der Waals surface area (Å²) in [5.74, 6) is -0.273. The molecule has 0 saturated heterocycles. The molecule has 1 atom stereocenters. The summed E-state index contributed by atoms with van der Waals surface area (Å²) in [6.45, 7) is 5.44. The number of nitrogens with zero attached hydrogens (tertiary/aromatic N) is 3. The summed E-state index contributed by atoms with van der Waals surface area (Å²) in [7, 11) is 1.80. The van der Waals surface area contributed by atoms with E-state index in [1.165, 1.54) is 0 Å². The molecule has 0 aliphatic heterocycles. The smallest absolute Gasteiger partial charge is 0.244 e. The van der Waals surface area contributed by atoms with Crippen molar-refractivity contribution in [1.29, 1.82) is 5.26 Å². The molecular formula is C12H18N4O. The van der Waals surface area contributed by atoms with Gasteiger partial charge in [0.05, 0.1) is 17.5 Å². The Kier molecular flexibility index (Phi) is 3.89. The first kappa shape index (κ1) is 13.2. The van der Waals surface area contributed by atoms with Crippen molar-refractivity contribution < 1.29 is 4.79 Å². The fourth-order valence-corrected chi connectivity index (χ4v) is 1.45. The van der Waals surface area contributed by atoms with Gasteiger partial charge in [-0.2, -0.15) is 10.4 Å². The van der Waals surface area contributed by atoms with Crippen LogP contribution in [0, 0.1) is 16.7 Å². The molecule has 1 aromatic rings. The van der Waals surface area contributed by atoms with E-state index < -0.39 is 5.41 Å². The number of carbonyl (C=O) groups excluding carboxylic acids is 1. The van der Waals surface area contributed by atoms with Crippen LogP contribution in [0.25, 0.3) is 0 Å². The molecule has 0 radical (unpaired) electrons. The molecular weight excluding hydrogens is 216 g/mol. The highest BCUT2D eigenvalue weighted by molar-refractivity contribution is 5.97. The van der Waals surface area contributed by atoms with Crippen LogP contribution in [-0.4, -0.2) is 15.7 Å². The number of amides is 1. The van der Waals surface area contributed by atoms with Crippen molar-refractivity contribution in [2.75, 3.05) is 5.32 Å². The summed E-state index contributed by atoms with van der Waals surface area (Å²) in [5, 5.41) is 16.0. The van der Waals surface area contributed by atoms with Gasteiger partial charge < -0.3 is 5.32 Å². The Balaban J connectivity index is 2.92. The van der Waals surface area contributed by atoms with Crippen molar-refractivity contribution in [2.45, 2.75) is 33.6 Å². The Labute approximate surface area is 101 Å². The molecule has 1 aromatic heterocycles. The third-order valence-electron chi connectivity index (χ3n) is 2.94. The van der Waals surface area contributed by atoms with E-state index in [1.807, 2.05) is 13.8 Å². The highest BCUT2D eigenvalue weighted by Gasteiger charge is 2.31. The summed E-state index contributed by atoms with van der Waals surface area (Å²) in [4.78, 5) is 12.0. The van der Waals surface area contributed by atoms with Crippen molar-refractivity contribution >= 4 is 11.6 Å². The van der Waals surface area contributed by atoms with Gasteiger partial charge in [-0.25, -0.2) is 0 Å². The molecule has 0 spiro atoms. The average molecular weight is 234 g/mol. The molecule has 5 heteroatoms. The molecule has 1 amide bonds. The molecule has 0 fully saturated rings. The van der Waals surface area contributed by atoms with Crippen LogP contribution in [0.2, 0.25) is 0 Å². The van der Waals surface area contributed by atoms with Gasteiger partial charge in [-0.1, -0.05) is 13.8 Å². The Hall–Kier alpha value is -1.83. The largest absolute Gasteiger partial charge is 0.322 e. The first-order chi connectivity index (χ1) is 7.96. The fraction of sp³-hybridized carbons (Fsp3) is 0.583. The van der Waals surface area contributed by atoms with Gasteiger partial charge in [0.15, 0.2) is 0 Å². The fourth-order valence-electron chi connectivity index (χ4n) is 1.45. The predicted octanol–water partition coefficient (Wildman–Crippen LogP) is 1.86. The zero-order chi connectivity index (χ0) is 13.1. The van der Waals surface area contributed by atoms with Crippen LogP contribution in [0.5, 0.6) is 0 Å². The zero-order valence-electron chi connectivity index (χ0n) is 10.7. The Morgan fingerprint density at radius 3 is 2.76 bits per heavy atom. The molecule has 92 valence electrons. The van der Waals surface area contributed by atoms with E-state index in [2.05, 4.69) is 16.5 Å². The number of hydrogen-bond donors (Lipinski definition) is 1. The van der Waals surface area contributed by atoms with Gasteiger partial charge in [-0.05, 0) is 19.8 Å². The number of hydrogen-bond acceptors (Lipinski definition) is 3. The van der Waals surface area contributed by atoms with E-state index in [-0.39, 0.29) is 5.91 Å².